The van der Waals surface area contributed by atoms with Crippen LogP contribution in [-0.2, 0) is 6.42 Å². The molecule has 0 fully saturated rings. The molecule has 2 aromatic rings. The largest absolute Gasteiger partial charge is 0.388 e. The van der Waals surface area contributed by atoms with Crippen molar-refractivity contribution in [3.05, 3.63) is 71.7 Å². The number of nitrogens with zero attached hydrogens (tertiary/aromatic N) is 1. The van der Waals surface area contributed by atoms with Crippen LogP contribution in [0.25, 0.3) is 0 Å². The Balaban J connectivity index is 2.30. The van der Waals surface area contributed by atoms with Crippen molar-refractivity contribution in [2.24, 2.45) is 0 Å². The molecule has 0 saturated heterocycles. The Bertz CT molecular complexity index is 648. The smallest absolute Gasteiger partial charge is 0.272 e. The van der Waals surface area contributed by atoms with Crippen LogP contribution in [0.3, 0.4) is 0 Å². The van der Waals surface area contributed by atoms with Crippen molar-refractivity contribution in [3.63, 3.8) is 0 Å². The maximum absolute atomic E-state index is 11.0. The Hall–Kier alpha value is -0.990. The van der Waals surface area contributed by atoms with Crippen LogP contribution in [0.5, 0.6) is 0 Å². The van der Waals surface area contributed by atoms with Gasteiger partial charge in [-0.3, -0.25) is 10.1 Å². The average molecular weight is 448 g/mol. The van der Waals surface area contributed by atoms with Gasteiger partial charge in [0.25, 0.3) is 5.69 Å². The summed E-state index contributed by atoms with van der Waals surface area (Å²) in [5.74, 6) is 0. The minimum atomic E-state index is -0.777. The van der Waals surface area contributed by atoms with Crippen LogP contribution in [0.15, 0.2) is 46.9 Å². The summed E-state index contributed by atoms with van der Waals surface area (Å²) in [7, 11) is 0. The van der Waals surface area contributed by atoms with E-state index >= 15 is 0 Å². The third-order valence-electron chi connectivity index (χ3n) is 2.92. The van der Waals surface area contributed by atoms with Crippen molar-refractivity contribution in [2.45, 2.75) is 12.5 Å². The molecule has 0 heterocycles. The van der Waals surface area contributed by atoms with E-state index in [-0.39, 0.29) is 12.1 Å². The zero-order valence-corrected chi connectivity index (χ0v) is 14.0. The van der Waals surface area contributed by atoms with Gasteiger partial charge in [0, 0.05) is 26.1 Å². The van der Waals surface area contributed by atoms with E-state index in [1.165, 1.54) is 6.07 Å². The van der Waals surface area contributed by atoms with Crippen molar-refractivity contribution < 1.29 is 10.0 Å². The summed E-state index contributed by atoms with van der Waals surface area (Å²) < 4.78 is 1.80. The first-order valence-corrected chi connectivity index (χ1v) is 7.71. The summed E-state index contributed by atoms with van der Waals surface area (Å²) in [5, 5.41) is 21.3. The summed E-state index contributed by atoms with van der Waals surface area (Å²) in [4.78, 5) is 10.6. The summed E-state index contributed by atoms with van der Waals surface area (Å²) >= 11 is 5.51. The first-order valence-electron chi connectivity index (χ1n) is 5.84. The number of hydrogen-bond acceptors (Lipinski definition) is 3. The van der Waals surface area contributed by atoms with E-state index in [0.717, 1.165) is 13.6 Å². The van der Waals surface area contributed by atoms with Crippen LogP contribution in [0.1, 0.15) is 17.2 Å². The third-order valence-corrected chi connectivity index (χ3v) is 4.39. The van der Waals surface area contributed by atoms with Gasteiger partial charge in [-0.05, 0) is 46.4 Å². The standard InChI is InChI=1S/C14H11BrINO3/c15-10-5-6-12(16)11(8-10)14(18)7-9-3-1-2-4-13(9)17(19)20/h1-6,8,14,18H,7H2. The molecule has 4 nitrogen and oxygen atoms in total. The number of aliphatic hydroxyl groups excluding tert-OH is 1. The van der Waals surface area contributed by atoms with Crippen LogP contribution in [-0.4, -0.2) is 10.0 Å². The predicted octanol–water partition coefficient (Wildman–Crippen LogP) is 4.24. The van der Waals surface area contributed by atoms with Crippen molar-refractivity contribution in [1.82, 2.24) is 0 Å². The van der Waals surface area contributed by atoms with Crippen molar-refractivity contribution >= 4 is 44.2 Å². The van der Waals surface area contributed by atoms with E-state index < -0.39 is 11.0 Å². The van der Waals surface area contributed by atoms with E-state index in [2.05, 4.69) is 38.5 Å². The molecule has 2 aromatic carbocycles. The second-order valence-electron chi connectivity index (χ2n) is 4.27. The molecule has 0 aliphatic carbocycles. The summed E-state index contributed by atoms with van der Waals surface area (Å²) in [6, 6.07) is 12.1. The van der Waals surface area contributed by atoms with Crippen molar-refractivity contribution in [3.8, 4) is 0 Å². The van der Waals surface area contributed by atoms with Gasteiger partial charge in [0.2, 0.25) is 0 Å². The number of nitro benzene ring substituents is 1. The van der Waals surface area contributed by atoms with Gasteiger partial charge in [-0.15, -0.1) is 0 Å². The SMILES string of the molecule is O=[N+]([O-])c1ccccc1CC(O)c1cc(Br)ccc1I. The summed E-state index contributed by atoms with van der Waals surface area (Å²) in [5.41, 5.74) is 1.33. The number of aliphatic hydroxyl groups is 1. The van der Waals surface area contributed by atoms with Crippen molar-refractivity contribution in [1.29, 1.82) is 0 Å². The molecule has 0 amide bonds. The molecule has 0 aliphatic rings. The van der Waals surface area contributed by atoms with Crippen LogP contribution >= 0.6 is 38.5 Å². The molecule has 0 saturated carbocycles. The fourth-order valence-electron chi connectivity index (χ4n) is 1.95. The number of rotatable bonds is 4. The number of nitro groups is 1. The van der Waals surface area contributed by atoms with E-state index in [1.807, 2.05) is 18.2 Å². The highest BCUT2D eigenvalue weighted by atomic mass is 127. The van der Waals surface area contributed by atoms with Gasteiger partial charge in [0.05, 0.1) is 11.0 Å². The van der Waals surface area contributed by atoms with Gasteiger partial charge in [0.15, 0.2) is 0 Å². The highest BCUT2D eigenvalue weighted by Crippen LogP contribution is 2.29. The molecule has 0 radical (unpaired) electrons. The van der Waals surface area contributed by atoms with Crippen LogP contribution in [0.2, 0.25) is 0 Å². The molecule has 1 atom stereocenters. The maximum Gasteiger partial charge on any atom is 0.272 e. The fourth-order valence-corrected chi connectivity index (χ4v) is 3.02. The quantitative estimate of drug-likeness (QED) is 0.433. The Morgan fingerprint density at radius 3 is 2.70 bits per heavy atom. The second kappa shape index (κ2) is 6.64. The highest BCUT2D eigenvalue weighted by Gasteiger charge is 2.18. The van der Waals surface area contributed by atoms with Crippen LogP contribution in [0.4, 0.5) is 5.69 Å². The topological polar surface area (TPSA) is 63.4 Å². The minimum Gasteiger partial charge on any atom is -0.388 e. The highest BCUT2D eigenvalue weighted by molar-refractivity contribution is 14.1. The van der Waals surface area contributed by atoms with Gasteiger partial charge in [-0.25, -0.2) is 0 Å². The van der Waals surface area contributed by atoms with E-state index in [0.29, 0.717) is 5.56 Å². The molecule has 20 heavy (non-hydrogen) atoms. The van der Waals surface area contributed by atoms with E-state index in [9.17, 15) is 15.2 Å². The molecule has 6 heteroatoms. The second-order valence-corrected chi connectivity index (χ2v) is 6.35. The number of halogens is 2. The third kappa shape index (κ3) is 3.56. The van der Waals surface area contributed by atoms with Gasteiger partial charge in [-0.1, -0.05) is 34.1 Å². The zero-order chi connectivity index (χ0) is 14.7. The number of hydrogen-bond donors (Lipinski definition) is 1. The molecule has 1 N–H and O–H groups in total. The van der Waals surface area contributed by atoms with Gasteiger partial charge >= 0.3 is 0 Å². The Morgan fingerprint density at radius 2 is 2.00 bits per heavy atom. The first kappa shape index (κ1) is 15.4. The van der Waals surface area contributed by atoms with E-state index in [1.54, 1.807) is 18.2 Å². The molecule has 104 valence electrons. The molecule has 0 spiro atoms. The Morgan fingerprint density at radius 1 is 1.30 bits per heavy atom. The zero-order valence-electron chi connectivity index (χ0n) is 10.3. The van der Waals surface area contributed by atoms with E-state index in [4.69, 9.17) is 0 Å². The van der Waals surface area contributed by atoms with Gasteiger partial charge < -0.3 is 5.11 Å². The lowest BCUT2D eigenvalue weighted by molar-refractivity contribution is -0.385. The fraction of sp³-hybridized carbons (Fsp3) is 0.143. The van der Waals surface area contributed by atoms with Crippen LogP contribution in [0, 0.1) is 13.7 Å². The molecule has 2 rings (SSSR count). The Labute approximate surface area is 138 Å². The predicted molar refractivity (Wildman–Crippen MR) is 88.6 cm³/mol. The molecule has 0 aromatic heterocycles. The lowest BCUT2D eigenvalue weighted by atomic mass is 10.0. The molecule has 0 bridgehead atoms. The maximum atomic E-state index is 11.0. The molecule has 1 unspecified atom stereocenters. The number of benzene rings is 2. The Kier molecular flexibility index (Phi) is 5.11. The molecular weight excluding hydrogens is 437 g/mol. The summed E-state index contributed by atoms with van der Waals surface area (Å²) in [6.07, 6.45) is -0.565. The van der Waals surface area contributed by atoms with Gasteiger partial charge in [-0.2, -0.15) is 0 Å². The minimum absolute atomic E-state index is 0.0385. The molecular formula is C14H11BrINO3. The monoisotopic (exact) mass is 447 g/mol. The first-order chi connectivity index (χ1) is 9.49. The van der Waals surface area contributed by atoms with Gasteiger partial charge in [0.1, 0.15) is 0 Å². The van der Waals surface area contributed by atoms with Crippen molar-refractivity contribution in [2.75, 3.05) is 0 Å². The lowest BCUT2D eigenvalue weighted by Gasteiger charge is -2.13. The summed E-state index contributed by atoms with van der Waals surface area (Å²) in [6.45, 7) is 0. The number of para-hydroxylation sites is 1. The average Bonchev–Trinajstić information content (AvgIpc) is 2.41. The normalized spacial score (nSPS) is 12.2. The van der Waals surface area contributed by atoms with Crippen LogP contribution < -0.4 is 0 Å². The molecule has 0 aliphatic heterocycles. The lowest BCUT2D eigenvalue weighted by Crippen LogP contribution is -2.06.